The van der Waals surface area contributed by atoms with Gasteiger partial charge in [0.1, 0.15) is 24.6 Å². The van der Waals surface area contributed by atoms with Gasteiger partial charge in [0.15, 0.2) is 11.5 Å². The molecule has 1 aliphatic rings. The van der Waals surface area contributed by atoms with Crippen molar-refractivity contribution >= 4 is 0 Å². The van der Waals surface area contributed by atoms with Crippen molar-refractivity contribution in [3.05, 3.63) is 72.1 Å². The molecule has 1 unspecified atom stereocenters. The zero-order valence-electron chi connectivity index (χ0n) is 19.9. The minimum atomic E-state index is -1.10. The fourth-order valence-corrected chi connectivity index (χ4v) is 3.94. The molecule has 0 bridgehead atoms. The van der Waals surface area contributed by atoms with Crippen molar-refractivity contribution < 1.29 is 24.1 Å². The Bertz CT molecular complexity index is 1030. The maximum Gasteiger partial charge on any atom is 0.161 e. The van der Waals surface area contributed by atoms with Gasteiger partial charge in [0.05, 0.1) is 26.9 Å². The third kappa shape index (κ3) is 6.72. The van der Waals surface area contributed by atoms with Crippen molar-refractivity contribution in [3.8, 4) is 17.2 Å². The number of benzene rings is 2. The number of aromatic nitrogens is 2. The van der Waals surface area contributed by atoms with Gasteiger partial charge in [-0.1, -0.05) is 23.8 Å². The van der Waals surface area contributed by atoms with Crippen molar-refractivity contribution in [2.75, 3.05) is 46.6 Å². The second-order valence-electron chi connectivity index (χ2n) is 8.69. The van der Waals surface area contributed by atoms with Gasteiger partial charge < -0.3 is 24.1 Å². The third-order valence-electron chi connectivity index (χ3n) is 5.74. The van der Waals surface area contributed by atoms with Crippen molar-refractivity contribution in [1.82, 2.24) is 14.7 Å². The van der Waals surface area contributed by atoms with Gasteiger partial charge in [-0.05, 0) is 42.8 Å². The molecule has 1 fully saturated rings. The van der Waals surface area contributed by atoms with Crippen LogP contribution in [0.5, 0.6) is 17.2 Å². The number of methoxy groups -OCH3 is 1. The van der Waals surface area contributed by atoms with Crippen LogP contribution in [0.3, 0.4) is 0 Å². The first-order chi connectivity index (χ1) is 16.5. The minimum absolute atomic E-state index is 0.166. The Morgan fingerprint density at radius 3 is 2.74 bits per heavy atom. The van der Waals surface area contributed by atoms with E-state index in [1.807, 2.05) is 66.3 Å². The molecular formula is C26H33N3O5. The molecule has 3 aromatic rings. The second kappa shape index (κ2) is 11.4. The number of β-amino-alcohol motifs (C(OH)–C–C–N with tert-alkyl or cyclic N) is 1. The summed E-state index contributed by atoms with van der Waals surface area (Å²) in [6.45, 7) is 5.97. The van der Waals surface area contributed by atoms with Crippen LogP contribution in [0.1, 0.15) is 11.1 Å². The van der Waals surface area contributed by atoms with Gasteiger partial charge in [0.2, 0.25) is 0 Å². The lowest BCUT2D eigenvalue weighted by Gasteiger charge is -2.30. The Labute approximate surface area is 200 Å². The van der Waals surface area contributed by atoms with E-state index in [4.69, 9.17) is 18.9 Å². The molecule has 1 atom stereocenters. The summed E-state index contributed by atoms with van der Waals surface area (Å²) in [6, 6.07) is 15.6. The predicted molar refractivity (Wildman–Crippen MR) is 128 cm³/mol. The summed E-state index contributed by atoms with van der Waals surface area (Å²) in [5, 5.41) is 15.4. The Balaban J connectivity index is 1.34. The van der Waals surface area contributed by atoms with E-state index in [9.17, 15) is 5.11 Å². The molecule has 1 N–H and O–H groups in total. The van der Waals surface area contributed by atoms with E-state index < -0.39 is 5.60 Å². The molecule has 2 aromatic carbocycles. The summed E-state index contributed by atoms with van der Waals surface area (Å²) in [6.07, 6.45) is 3.65. The molecule has 4 rings (SSSR count). The number of hydrogen-bond acceptors (Lipinski definition) is 7. The molecule has 0 spiro atoms. The van der Waals surface area contributed by atoms with E-state index in [1.54, 1.807) is 13.3 Å². The van der Waals surface area contributed by atoms with Crippen molar-refractivity contribution in [3.63, 3.8) is 0 Å². The Morgan fingerprint density at radius 2 is 1.97 bits per heavy atom. The molecule has 1 aromatic heterocycles. The van der Waals surface area contributed by atoms with Gasteiger partial charge in [-0.2, -0.15) is 5.10 Å². The average molecular weight is 468 g/mol. The quantitative estimate of drug-likeness (QED) is 0.491. The van der Waals surface area contributed by atoms with E-state index in [-0.39, 0.29) is 13.2 Å². The zero-order valence-corrected chi connectivity index (χ0v) is 19.9. The number of aliphatic hydroxyl groups is 1. The number of nitrogens with zero attached hydrogens (tertiary/aromatic N) is 3. The highest BCUT2D eigenvalue weighted by atomic mass is 16.5. The highest BCUT2D eigenvalue weighted by Gasteiger charge is 2.33. The van der Waals surface area contributed by atoms with Crippen molar-refractivity contribution in [2.45, 2.75) is 25.6 Å². The lowest BCUT2D eigenvalue weighted by atomic mass is 10.1. The molecular weight excluding hydrogens is 434 g/mol. The molecule has 0 radical (unpaired) electrons. The SMILES string of the molecule is COc1cc(CN2CCOCC(O)(COc3ccc(C)cc3)C2)ccc1OCCn1cccn1. The number of hydrogen-bond donors (Lipinski definition) is 1. The number of rotatable bonds is 10. The van der Waals surface area contributed by atoms with Gasteiger partial charge in [-0.3, -0.25) is 9.58 Å². The first kappa shape index (κ1) is 24.1. The maximum atomic E-state index is 11.2. The molecule has 0 aliphatic carbocycles. The molecule has 182 valence electrons. The average Bonchev–Trinajstić information content (AvgIpc) is 3.29. The standard InChI is InChI=1S/C26H33N3O5/c1-21-4-7-23(8-5-21)34-20-26(30)18-28(12-14-32-19-26)17-22-6-9-24(25(16-22)31-2)33-15-13-29-11-3-10-27-29/h3-11,16,30H,12-15,17-20H2,1-2H3. The summed E-state index contributed by atoms with van der Waals surface area (Å²) < 4.78 is 24.9. The fraction of sp³-hybridized carbons (Fsp3) is 0.423. The van der Waals surface area contributed by atoms with Crippen LogP contribution < -0.4 is 14.2 Å². The highest BCUT2D eigenvalue weighted by Crippen LogP contribution is 2.29. The van der Waals surface area contributed by atoms with E-state index in [1.165, 1.54) is 5.56 Å². The fourth-order valence-electron chi connectivity index (χ4n) is 3.94. The highest BCUT2D eigenvalue weighted by molar-refractivity contribution is 5.43. The monoisotopic (exact) mass is 467 g/mol. The molecule has 0 saturated carbocycles. The molecule has 0 amide bonds. The summed E-state index contributed by atoms with van der Waals surface area (Å²) in [5.74, 6) is 2.12. The van der Waals surface area contributed by atoms with Crippen LogP contribution in [0, 0.1) is 6.92 Å². The van der Waals surface area contributed by atoms with Crippen LogP contribution in [0.25, 0.3) is 0 Å². The Hall–Kier alpha value is -3.07. The Morgan fingerprint density at radius 1 is 1.12 bits per heavy atom. The van der Waals surface area contributed by atoms with Crippen LogP contribution in [-0.4, -0.2) is 72.0 Å². The van der Waals surface area contributed by atoms with E-state index in [0.29, 0.717) is 44.3 Å². The van der Waals surface area contributed by atoms with Gasteiger partial charge in [0.25, 0.3) is 0 Å². The van der Waals surface area contributed by atoms with Crippen molar-refractivity contribution in [1.29, 1.82) is 0 Å². The number of ether oxygens (including phenoxy) is 4. The smallest absolute Gasteiger partial charge is 0.161 e. The lowest BCUT2D eigenvalue weighted by Crippen LogP contribution is -2.48. The molecule has 1 aliphatic heterocycles. The first-order valence-corrected chi connectivity index (χ1v) is 11.5. The van der Waals surface area contributed by atoms with Gasteiger partial charge in [0, 0.05) is 32.0 Å². The predicted octanol–water partition coefficient (Wildman–Crippen LogP) is 2.92. The van der Waals surface area contributed by atoms with Gasteiger partial charge in [-0.25, -0.2) is 0 Å². The summed E-state index contributed by atoms with van der Waals surface area (Å²) in [7, 11) is 1.64. The third-order valence-corrected chi connectivity index (χ3v) is 5.74. The van der Waals surface area contributed by atoms with Crippen molar-refractivity contribution in [2.24, 2.45) is 0 Å². The first-order valence-electron chi connectivity index (χ1n) is 11.5. The number of aryl methyl sites for hydroxylation is 1. The summed E-state index contributed by atoms with van der Waals surface area (Å²) in [5.41, 5.74) is 1.14. The summed E-state index contributed by atoms with van der Waals surface area (Å²) >= 11 is 0. The van der Waals surface area contributed by atoms with Crippen LogP contribution >= 0.6 is 0 Å². The summed E-state index contributed by atoms with van der Waals surface area (Å²) in [4.78, 5) is 2.18. The van der Waals surface area contributed by atoms with Crippen LogP contribution in [0.15, 0.2) is 60.9 Å². The van der Waals surface area contributed by atoms with E-state index >= 15 is 0 Å². The van der Waals surface area contributed by atoms with E-state index in [0.717, 1.165) is 17.9 Å². The molecule has 8 nitrogen and oxygen atoms in total. The molecule has 8 heteroatoms. The Kier molecular flexibility index (Phi) is 8.05. The minimum Gasteiger partial charge on any atom is -0.493 e. The molecule has 34 heavy (non-hydrogen) atoms. The normalized spacial score (nSPS) is 18.9. The zero-order chi connectivity index (χ0) is 23.8. The largest absolute Gasteiger partial charge is 0.493 e. The van der Waals surface area contributed by atoms with E-state index in [2.05, 4.69) is 10.00 Å². The van der Waals surface area contributed by atoms with Gasteiger partial charge in [-0.15, -0.1) is 0 Å². The maximum absolute atomic E-state index is 11.2. The van der Waals surface area contributed by atoms with Crippen LogP contribution in [0.4, 0.5) is 0 Å². The van der Waals surface area contributed by atoms with Crippen LogP contribution in [-0.2, 0) is 17.8 Å². The second-order valence-corrected chi connectivity index (χ2v) is 8.69. The van der Waals surface area contributed by atoms with Gasteiger partial charge >= 0.3 is 0 Å². The molecule has 1 saturated heterocycles. The topological polar surface area (TPSA) is 78.2 Å². The lowest BCUT2D eigenvalue weighted by molar-refractivity contribution is -0.0646. The molecule has 2 heterocycles. The van der Waals surface area contributed by atoms with Crippen LogP contribution in [0.2, 0.25) is 0 Å².